The number of hydrogen-bond donors (Lipinski definition) is 1. The van der Waals surface area contributed by atoms with Gasteiger partial charge in [0.1, 0.15) is 0 Å². The average molecular weight is 340 g/mol. The van der Waals surface area contributed by atoms with Gasteiger partial charge in [-0.2, -0.15) is 0 Å². The predicted molar refractivity (Wildman–Crippen MR) is 81.3 cm³/mol. The number of carbonyl (C=O) groups excluding carboxylic acids is 2. The van der Waals surface area contributed by atoms with Gasteiger partial charge in [0.05, 0.1) is 10.6 Å². The Hall–Kier alpha value is -2.47. The first-order valence-electron chi connectivity index (χ1n) is 6.60. The first-order chi connectivity index (χ1) is 10.9. The molecule has 7 heteroatoms. The van der Waals surface area contributed by atoms with Gasteiger partial charge in [-0.15, -0.1) is 0 Å². The third-order valence-corrected chi connectivity index (χ3v) is 3.24. The topological polar surface area (TPSA) is 55.4 Å². The molecule has 4 nitrogen and oxygen atoms in total. The summed E-state index contributed by atoms with van der Waals surface area (Å²) in [7, 11) is 0. The average Bonchev–Trinajstić information content (AvgIpc) is 2.51. The molecule has 120 valence electrons. The highest BCUT2D eigenvalue weighted by Gasteiger charge is 2.22. The Kier molecular flexibility index (Phi) is 5.28. The van der Waals surface area contributed by atoms with Gasteiger partial charge in [0.15, 0.2) is 17.7 Å². The van der Waals surface area contributed by atoms with Crippen molar-refractivity contribution in [3.63, 3.8) is 0 Å². The lowest BCUT2D eigenvalue weighted by Crippen LogP contribution is -2.30. The molecule has 0 aliphatic carbocycles. The maximum atomic E-state index is 13.2. The molecule has 0 aliphatic heterocycles. The minimum atomic E-state index is -1.23. The van der Waals surface area contributed by atoms with Crippen LogP contribution in [0.1, 0.15) is 17.3 Å². The molecule has 2 aromatic carbocycles. The van der Waals surface area contributed by atoms with Gasteiger partial charge in [-0.25, -0.2) is 13.6 Å². The van der Waals surface area contributed by atoms with Crippen molar-refractivity contribution < 1.29 is 23.1 Å². The maximum Gasteiger partial charge on any atom is 0.340 e. The molecule has 0 spiro atoms. The maximum absolute atomic E-state index is 13.2. The molecule has 0 radical (unpaired) electrons. The molecule has 0 aliphatic rings. The summed E-state index contributed by atoms with van der Waals surface area (Å²) < 4.78 is 31.1. The number of para-hydroxylation sites is 1. The van der Waals surface area contributed by atoms with Crippen LogP contribution in [-0.2, 0) is 9.53 Å². The number of hydrogen-bond acceptors (Lipinski definition) is 3. The van der Waals surface area contributed by atoms with Gasteiger partial charge in [0, 0.05) is 5.69 Å². The number of nitrogens with one attached hydrogen (secondary N) is 1. The summed E-state index contributed by atoms with van der Waals surface area (Å²) in [4.78, 5) is 23.9. The second-order valence-corrected chi connectivity index (χ2v) is 5.06. The lowest BCUT2D eigenvalue weighted by atomic mass is 10.2. The third kappa shape index (κ3) is 4.26. The predicted octanol–water partition coefficient (Wildman–Crippen LogP) is 3.80. The number of benzene rings is 2. The molecule has 0 unspecified atom stereocenters. The number of ether oxygens (including phenoxy) is 1. The smallest absolute Gasteiger partial charge is 0.340 e. The number of carbonyl (C=O) groups is 2. The molecule has 0 bridgehead atoms. The Morgan fingerprint density at radius 1 is 1.13 bits per heavy atom. The van der Waals surface area contributed by atoms with Gasteiger partial charge >= 0.3 is 5.97 Å². The Morgan fingerprint density at radius 3 is 2.39 bits per heavy atom. The fourth-order valence-corrected chi connectivity index (χ4v) is 1.95. The van der Waals surface area contributed by atoms with Gasteiger partial charge in [-0.05, 0) is 31.2 Å². The van der Waals surface area contributed by atoms with Crippen LogP contribution in [0.3, 0.4) is 0 Å². The van der Waals surface area contributed by atoms with E-state index in [0.29, 0.717) is 17.8 Å². The van der Waals surface area contributed by atoms with Crippen LogP contribution in [0.15, 0.2) is 42.5 Å². The molecule has 0 heterocycles. The summed E-state index contributed by atoms with van der Waals surface area (Å²) in [6.07, 6.45) is -1.15. The quantitative estimate of drug-likeness (QED) is 0.681. The summed E-state index contributed by atoms with van der Waals surface area (Å²) >= 11 is 5.68. The molecule has 1 atom stereocenters. The van der Waals surface area contributed by atoms with E-state index >= 15 is 0 Å². The summed E-state index contributed by atoms with van der Waals surface area (Å²) in [5.74, 6) is -4.00. The Balaban J connectivity index is 2.05. The van der Waals surface area contributed by atoms with Crippen LogP contribution in [-0.4, -0.2) is 18.0 Å². The number of esters is 1. The Morgan fingerprint density at radius 2 is 1.74 bits per heavy atom. The van der Waals surface area contributed by atoms with Gasteiger partial charge in [-0.1, -0.05) is 29.8 Å². The van der Waals surface area contributed by atoms with Crippen LogP contribution in [0.25, 0.3) is 0 Å². The minimum absolute atomic E-state index is 0.301. The Labute approximate surface area is 136 Å². The largest absolute Gasteiger partial charge is 0.449 e. The van der Waals surface area contributed by atoms with E-state index in [2.05, 4.69) is 5.32 Å². The van der Waals surface area contributed by atoms with Crippen molar-refractivity contribution in [2.45, 2.75) is 13.0 Å². The first kappa shape index (κ1) is 16.9. The van der Waals surface area contributed by atoms with Crippen molar-refractivity contribution in [1.29, 1.82) is 0 Å². The number of rotatable bonds is 4. The van der Waals surface area contributed by atoms with Crippen molar-refractivity contribution in [2.24, 2.45) is 0 Å². The fraction of sp³-hybridized carbons (Fsp3) is 0.125. The minimum Gasteiger partial charge on any atom is -0.449 e. The summed E-state index contributed by atoms with van der Waals surface area (Å²) in [5.41, 5.74) is 0.177. The molecule has 0 aromatic heterocycles. The lowest BCUT2D eigenvalue weighted by molar-refractivity contribution is -0.123. The molecule has 0 saturated heterocycles. The first-order valence-corrected chi connectivity index (χ1v) is 6.97. The van der Waals surface area contributed by atoms with Crippen molar-refractivity contribution in [1.82, 2.24) is 0 Å². The second kappa shape index (κ2) is 7.19. The van der Waals surface area contributed by atoms with Crippen LogP contribution in [0.2, 0.25) is 5.02 Å². The molecule has 1 N–H and O–H groups in total. The highest BCUT2D eigenvalue weighted by atomic mass is 35.5. The number of anilines is 1. The van der Waals surface area contributed by atoms with Crippen LogP contribution < -0.4 is 5.32 Å². The highest BCUT2D eigenvalue weighted by Crippen LogP contribution is 2.21. The van der Waals surface area contributed by atoms with Crippen molar-refractivity contribution in [2.75, 3.05) is 5.32 Å². The van der Waals surface area contributed by atoms with Gasteiger partial charge in [0.25, 0.3) is 5.91 Å². The summed E-state index contributed by atoms with van der Waals surface area (Å²) in [6.45, 7) is 1.35. The molecule has 23 heavy (non-hydrogen) atoms. The molecule has 0 saturated carbocycles. The van der Waals surface area contributed by atoms with Crippen molar-refractivity contribution in [3.05, 3.63) is 64.7 Å². The molecule has 0 fully saturated rings. The second-order valence-electron chi connectivity index (χ2n) is 4.65. The van der Waals surface area contributed by atoms with E-state index in [1.165, 1.54) is 6.92 Å². The van der Waals surface area contributed by atoms with Crippen LogP contribution >= 0.6 is 11.6 Å². The normalized spacial score (nSPS) is 11.7. The summed E-state index contributed by atoms with van der Waals surface area (Å²) in [6, 6.07) is 9.87. The SMILES string of the molecule is C[C@@H](OC(=O)c1cc(F)c(F)cc1Cl)C(=O)Nc1ccccc1. The van der Waals surface area contributed by atoms with Crippen LogP contribution in [0.4, 0.5) is 14.5 Å². The fourth-order valence-electron chi connectivity index (χ4n) is 1.72. The molecule has 1 amide bonds. The zero-order valence-corrected chi connectivity index (χ0v) is 12.7. The molecular weight excluding hydrogens is 328 g/mol. The standard InChI is InChI=1S/C16H12ClF2NO3/c1-9(15(21)20-10-5-3-2-4-6-10)23-16(22)11-7-13(18)14(19)8-12(11)17/h2-9H,1H3,(H,20,21)/t9-/m1/s1. The van der Waals surface area contributed by atoms with Gasteiger partial charge in [0.2, 0.25) is 0 Å². The van der Waals surface area contributed by atoms with Gasteiger partial charge in [-0.3, -0.25) is 4.79 Å². The van der Waals surface area contributed by atoms with Crippen molar-refractivity contribution >= 4 is 29.2 Å². The van der Waals surface area contributed by atoms with E-state index in [0.717, 1.165) is 0 Å². The number of halogens is 3. The van der Waals surface area contributed by atoms with E-state index in [9.17, 15) is 18.4 Å². The zero-order chi connectivity index (χ0) is 17.0. The molecule has 2 rings (SSSR count). The number of amides is 1. The molecule has 2 aromatic rings. The molecular formula is C16H12ClF2NO3. The van der Waals surface area contributed by atoms with E-state index in [1.54, 1.807) is 30.3 Å². The van der Waals surface area contributed by atoms with E-state index in [-0.39, 0.29) is 10.6 Å². The summed E-state index contributed by atoms with van der Waals surface area (Å²) in [5, 5.41) is 2.25. The lowest BCUT2D eigenvalue weighted by Gasteiger charge is -2.14. The Bertz CT molecular complexity index is 738. The van der Waals surface area contributed by atoms with Crippen molar-refractivity contribution in [3.8, 4) is 0 Å². The highest BCUT2D eigenvalue weighted by molar-refractivity contribution is 6.33. The van der Waals surface area contributed by atoms with Gasteiger partial charge < -0.3 is 10.1 Å². The van der Waals surface area contributed by atoms with E-state index in [1.807, 2.05) is 0 Å². The van der Waals surface area contributed by atoms with Crippen LogP contribution in [0.5, 0.6) is 0 Å². The van der Waals surface area contributed by atoms with E-state index < -0.39 is 29.6 Å². The van der Waals surface area contributed by atoms with Crippen LogP contribution in [0, 0.1) is 11.6 Å². The van der Waals surface area contributed by atoms with E-state index in [4.69, 9.17) is 16.3 Å². The monoisotopic (exact) mass is 339 g/mol. The third-order valence-electron chi connectivity index (χ3n) is 2.92. The zero-order valence-electron chi connectivity index (χ0n) is 12.0.